The minimum absolute atomic E-state index is 0. The van der Waals surface area contributed by atoms with Crippen LogP contribution in [0.5, 0.6) is 0 Å². The number of benzene rings is 2. The van der Waals surface area contributed by atoms with E-state index in [0.717, 1.165) is 48.6 Å². The van der Waals surface area contributed by atoms with Crippen molar-refractivity contribution in [3.05, 3.63) is 41.5 Å². The molecule has 0 unspecified atom stereocenters. The molecule has 2 aromatic carbocycles. The Hall–Kier alpha value is 0.610. The topological polar surface area (TPSA) is 54.4 Å². The molecule has 0 spiro atoms. The van der Waals surface area contributed by atoms with Crippen LogP contribution in [0.15, 0.2) is 35.2 Å². The van der Waals surface area contributed by atoms with Crippen LogP contribution in [0.25, 0.3) is 10.8 Å². The molecule has 1 N–H and O–H groups in total. The molecule has 0 bridgehead atoms. The molecule has 0 atom stereocenters. The van der Waals surface area contributed by atoms with E-state index in [1.807, 2.05) is 18.2 Å². The van der Waals surface area contributed by atoms with Crippen LogP contribution in [0.3, 0.4) is 0 Å². The molecule has 6 heteroatoms. The SMILES string of the molecule is CCCCc1cc2ccccc2c(S(=O)(=O)O)c1CCCC.[NaH].[NaH]. The Morgan fingerprint density at radius 2 is 1.54 bits per heavy atom. The van der Waals surface area contributed by atoms with Gasteiger partial charge in [-0.2, -0.15) is 8.42 Å². The molecule has 0 aliphatic rings. The van der Waals surface area contributed by atoms with E-state index in [-0.39, 0.29) is 64.0 Å². The summed E-state index contributed by atoms with van der Waals surface area (Å²) in [6.07, 6.45) is 5.52. The molecule has 0 aromatic heterocycles. The van der Waals surface area contributed by atoms with Crippen LogP contribution in [-0.4, -0.2) is 72.1 Å². The summed E-state index contributed by atoms with van der Waals surface area (Å²) in [5, 5.41) is 1.50. The zero-order valence-electron chi connectivity index (χ0n) is 13.3. The standard InChI is InChI=1S/C18H24O3S.2Na.2H/c1-3-5-9-14-13-15-10-7-8-12-17(15)18(22(19,20)21)16(14)11-6-4-2;;;;/h7-8,10,12-13H,3-6,9,11H2,1-2H3,(H,19,20,21);;;;. The second-order valence-electron chi connectivity index (χ2n) is 5.75. The quantitative estimate of drug-likeness (QED) is 0.601. The van der Waals surface area contributed by atoms with E-state index in [9.17, 15) is 13.0 Å². The average molecular weight is 368 g/mol. The second-order valence-corrected chi connectivity index (χ2v) is 7.11. The molecular formula is C18H26Na2O3S. The Balaban J connectivity index is 0.00000264. The van der Waals surface area contributed by atoms with Crippen LogP contribution in [0.4, 0.5) is 0 Å². The zero-order valence-corrected chi connectivity index (χ0v) is 14.1. The van der Waals surface area contributed by atoms with E-state index in [0.29, 0.717) is 11.8 Å². The number of aryl methyl sites for hydroxylation is 1. The molecular weight excluding hydrogens is 342 g/mol. The maximum atomic E-state index is 12.0. The van der Waals surface area contributed by atoms with Crippen LogP contribution in [0, 0.1) is 0 Å². The second kappa shape index (κ2) is 11.3. The number of unbranched alkanes of at least 4 members (excludes halogenated alkanes) is 2. The van der Waals surface area contributed by atoms with Gasteiger partial charge in [-0.3, -0.25) is 4.55 Å². The molecule has 2 rings (SSSR count). The van der Waals surface area contributed by atoms with Crippen molar-refractivity contribution in [2.24, 2.45) is 0 Å². The maximum absolute atomic E-state index is 12.0. The molecule has 2 aromatic rings. The summed E-state index contributed by atoms with van der Waals surface area (Å²) in [6.45, 7) is 4.20. The van der Waals surface area contributed by atoms with Gasteiger partial charge in [0.25, 0.3) is 10.1 Å². The van der Waals surface area contributed by atoms with E-state index < -0.39 is 10.1 Å². The third-order valence-electron chi connectivity index (χ3n) is 4.03. The fourth-order valence-electron chi connectivity index (χ4n) is 2.93. The number of rotatable bonds is 7. The van der Waals surface area contributed by atoms with Crippen LogP contribution in [0.2, 0.25) is 0 Å². The third kappa shape index (κ3) is 6.10. The molecule has 0 heterocycles. The fourth-order valence-corrected chi connectivity index (χ4v) is 3.93. The number of hydrogen-bond acceptors (Lipinski definition) is 2. The van der Waals surface area contributed by atoms with Gasteiger partial charge < -0.3 is 0 Å². The van der Waals surface area contributed by atoms with Crippen molar-refractivity contribution in [3.63, 3.8) is 0 Å². The summed E-state index contributed by atoms with van der Waals surface area (Å²) >= 11 is 0. The first-order valence-corrected chi connectivity index (χ1v) is 9.44. The first-order chi connectivity index (χ1) is 10.5. The Labute approximate surface area is 189 Å². The third-order valence-corrected chi connectivity index (χ3v) is 5.02. The van der Waals surface area contributed by atoms with Gasteiger partial charge in [0.1, 0.15) is 4.90 Å². The first-order valence-electron chi connectivity index (χ1n) is 8.00. The monoisotopic (exact) mass is 368 g/mol. The molecule has 0 fully saturated rings. The van der Waals surface area contributed by atoms with Crippen LogP contribution < -0.4 is 0 Å². The van der Waals surface area contributed by atoms with Gasteiger partial charge in [-0.1, -0.05) is 57.0 Å². The summed E-state index contributed by atoms with van der Waals surface area (Å²) in [5.74, 6) is 0. The fraction of sp³-hybridized carbons (Fsp3) is 0.444. The van der Waals surface area contributed by atoms with Gasteiger partial charge in [0.2, 0.25) is 0 Å². The van der Waals surface area contributed by atoms with Crippen molar-refractivity contribution in [2.75, 3.05) is 0 Å². The van der Waals surface area contributed by atoms with Gasteiger partial charge in [-0.25, -0.2) is 0 Å². The molecule has 0 amide bonds. The van der Waals surface area contributed by atoms with Gasteiger partial charge >= 0.3 is 59.1 Å². The van der Waals surface area contributed by atoms with E-state index in [4.69, 9.17) is 0 Å². The van der Waals surface area contributed by atoms with Crippen molar-refractivity contribution in [1.82, 2.24) is 0 Å². The summed E-state index contributed by atoms with van der Waals surface area (Å²) in [7, 11) is -4.24. The normalized spacial score (nSPS) is 11.0. The summed E-state index contributed by atoms with van der Waals surface area (Å²) in [5.41, 5.74) is 1.86. The molecule has 3 nitrogen and oxygen atoms in total. The Bertz CT molecular complexity index is 758. The van der Waals surface area contributed by atoms with E-state index in [2.05, 4.69) is 19.9 Å². The van der Waals surface area contributed by atoms with Gasteiger partial charge in [-0.05, 0) is 42.2 Å². The summed E-state index contributed by atoms with van der Waals surface area (Å²) in [6, 6.07) is 9.48. The van der Waals surface area contributed by atoms with Gasteiger partial charge in [-0.15, -0.1) is 0 Å². The predicted octanol–water partition coefficient (Wildman–Crippen LogP) is 3.47. The van der Waals surface area contributed by atoms with Crippen LogP contribution >= 0.6 is 0 Å². The van der Waals surface area contributed by atoms with Crippen molar-refractivity contribution >= 4 is 80.0 Å². The molecule has 0 saturated carbocycles. The molecule has 0 aliphatic carbocycles. The van der Waals surface area contributed by atoms with E-state index >= 15 is 0 Å². The summed E-state index contributed by atoms with van der Waals surface area (Å²) in [4.78, 5) is 0.116. The summed E-state index contributed by atoms with van der Waals surface area (Å²) < 4.78 is 33.8. The van der Waals surface area contributed by atoms with E-state index in [1.54, 1.807) is 6.07 Å². The van der Waals surface area contributed by atoms with Gasteiger partial charge in [0, 0.05) is 5.39 Å². The van der Waals surface area contributed by atoms with Gasteiger partial charge in [0.05, 0.1) is 0 Å². The Morgan fingerprint density at radius 3 is 2.12 bits per heavy atom. The molecule has 0 aliphatic heterocycles. The molecule has 124 valence electrons. The average Bonchev–Trinajstić information content (AvgIpc) is 2.48. The predicted molar refractivity (Wildman–Crippen MR) is 105 cm³/mol. The molecule has 0 saturated heterocycles. The number of hydrogen-bond donors (Lipinski definition) is 1. The van der Waals surface area contributed by atoms with Crippen LogP contribution in [-0.2, 0) is 23.0 Å². The van der Waals surface area contributed by atoms with Crippen LogP contribution in [0.1, 0.15) is 50.7 Å². The van der Waals surface area contributed by atoms with Crippen molar-refractivity contribution in [2.45, 2.75) is 57.3 Å². The van der Waals surface area contributed by atoms with Gasteiger partial charge in [0.15, 0.2) is 0 Å². The number of fused-ring (bicyclic) bond motifs is 1. The van der Waals surface area contributed by atoms with E-state index in [1.165, 1.54) is 0 Å². The zero-order chi connectivity index (χ0) is 16.2. The Morgan fingerprint density at radius 1 is 0.958 bits per heavy atom. The molecule has 0 radical (unpaired) electrons. The minimum atomic E-state index is -4.24. The molecule has 24 heavy (non-hydrogen) atoms. The van der Waals surface area contributed by atoms with Crippen molar-refractivity contribution in [1.29, 1.82) is 0 Å². The first kappa shape index (κ1) is 24.6. The Kier molecular flexibility index (Phi) is 11.6. The van der Waals surface area contributed by atoms with Crippen molar-refractivity contribution in [3.8, 4) is 0 Å². The van der Waals surface area contributed by atoms with Crippen molar-refractivity contribution < 1.29 is 13.0 Å².